The van der Waals surface area contributed by atoms with Crippen molar-refractivity contribution in [3.63, 3.8) is 0 Å². The number of halogens is 1. The summed E-state index contributed by atoms with van der Waals surface area (Å²) in [6.45, 7) is 1.55. The number of amides is 1. The summed E-state index contributed by atoms with van der Waals surface area (Å²) in [6.07, 6.45) is 11.6. The van der Waals surface area contributed by atoms with Gasteiger partial charge in [0.2, 0.25) is 5.91 Å². The van der Waals surface area contributed by atoms with E-state index in [0.29, 0.717) is 71.9 Å². The highest BCUT2D eigenvalue weighted by molar-refractivity contribution is 6.16. The highest BCUT2D eigenvalue weighted by Crippen LogP contribution is 2.33. The Morgan fingerprint density at radius 3 is 2.73 bits per heavy atom. The molecule has 1 fully saturated rings. The average Bonchev–Trinajstić information content (AvgIpc) is 3.52. The molecule has 2 aromatic carbocycles. The Labute approximate surface area is 278 Å². The summed E-state index contributed by atoms with van der Waals surface area (Å²) < 4.78 is 20.6. The van der Waals surface area contributed by atoms with Gasteiger partial charge in [-0.1, -0.05) is 25.3 Å². The van der Waals surface area contributed by atoms with E-state index in [1.165, 1.54) is 31.4 Å². The Balaban J connectivity index is 1.15. The van der Waals surface area contributed by atoms with Gasteiger partial charge in [0.15, 0.2) is 11.5 Å². The number of hydrogen-bond acceptors (Lipinski definition) is 8. The number of nitrogens with zero attached hydrogens (tertiary/aromatic N) is 5. The molecule has 0 saturated heterocycles. The normalized spacial score (nSPS) is 14.8. The van der Waals surface area contributed by atoms with Crippen molar-refractivity contribution >= 4 is 34.2 Å². The molecule has 246 valence electrons. The maximum atomic E-state index is 14.7. The number of aromatic amines is 1. The third-order valence-electron chi connectivity index (χ3n) is 8.94. The summed E-state index contributed by atoms with van der Waals surface area (Å²) in [6, 6.07) is 14.6. The molecular weight excluding hydrogens is 607 g/mol. The van der Waals surface area contributed by atoms with Gasteiger partial charge in [0.05, 0.1) is 17.4 Å². The van der Waals surface area contributed by atoms with Gasteiger partial charge < -0.3 is 25.3 Å². The summed E-state index contributed by atoms with van der Waals surface area (Å²) >= 11 is 0. The summed E-state index contributed by atoms with van der Waals surface area (Å²) in [5.74, 6) is 1.13. The van der Waals surface area contributed by atoms with Crippen molar-refractivity contribution in [1.29, 1.82) is 0 Å². The second-order valence-electron chi connectivity index (χ2n) is 12.8. The molecule has 7 rings (SSSR count). The zero-order chi connectivity index (χ0) is 33.0. The van der Waals surface area contributed by atoms with Gasteiger partial charge in [-0.25, -0.2) is 14.4 Å². The largest absolute Gasteiger partial charge is 0.492 e. The molecule has 5 aromatic rings. The van der Waals surface area contributed by atoms with E-state index < -0.39 is 0 Å². The molecule has 1 aliphatic carbocycles. The Kier molecular flexibility index (Phi) is 9.11. The number of carbonyl (C=O) groups is 1. The van der Waals surface area contributed by atoms with E-state index in [-0.39, 0.29) is 11.7 Å². The highest BCUT2D eigenvalue weighted by Gasteiger charge is 2.22. The van der Waals surface area contributed by atoms with Crippen LogP contribution in [0.5, 0.6) is 5.75 Å². The number of benzene rings is 2. The molecule has 1 saturated carbocycles. The Bertz CT molecular complexity index is 1980. The van der Waals surface area contributed by atoms with Crippen LogP contribution in [-0.2, 0) is 4.79 Å². The molecule has 1 aliphatic heterocycles. The number of aromatic nitrogens is 4. The third-order valence-corrected chi connectivity index (χ3v) is 8.94. The topological polar surface area (TPSA) is 120 Å². The van der Waals surface area contributed by atoms with Gasteiger partial charge >= 0.3 is 0 Å². The lowest BCUT2D eigenvalue weighted by atomic mass is 9.87. The number of anilines is 2. The van der Waals surface area contributed by atoms with Crippen LogP contribution in [0.2, 0.25) is 0 Å². The molecule has 4 heterocycles. The van der Waals surface area contributed by atoms with Gasteiger partial charge in [-0.15, -0.1) is 0 Å². The predicted molar refractivity (Wildman–Crippen MR) is 187 cm³/mol. The summed E-state index contributed by atoms with van der Waals surface area (Å²) in [5, 5.41) is 6.41. The smallest absolute Gasteiger partial charge is 0.224 e. The lowest BCUT2D eigenvalue weighted by molar-refractivity contribution is -0.117. The van der Waals surface area contributed by atoms with Crippen molar-refractivity contribution in [1.82, 2.24) is 24.8 Å². The zero-order valence-corrected chi connectivity index (χ0v) is 27.2. The highest BCUT2D eigenvalue weighted by atomic mass is 19.1. The Morgan fingerprint density at radius 2 is 1.88 bits per heavy atom. The molecule has 48 heavy (non-hydrogen) atoms. The van der Waals surface area contributed by atoms with Crippen LogP contribution in [0.3, 0.4) is 0 Å². The van der Waals surface area contributed by atoms with E-state index >= 15 is 0 Å². The molecule has 0 atom stereocenters. The van der Waals surface area contributed by atoms with Gasteiger partial charge in [-0.3, -0.25) is 14.8 Å². The van der Waals surface area contributed by atoms with Crippen LogP contribution in [0, 0.1) is 11.7 Å². The zero-order valence-electron chi connectivity index (χ0n) is 27.2. The monoisotopic (exact) mass is 646 g/mol. The fourth-order valence-electron chi connectivity index (χ4n) is 6.51. The standard InChI is InChI=1S/C37H39FN8O2/c1-46(2)12-13-48-29-17-25(15-27(38)19-29)30-10-11-40-36-35(30)44-37(45-36)34-31-18-24(8-9-32(31)41-22-42-34)26-16-28(21-39-20-26)43-33(47)14-23-6-4-3-5-7-23/h8-11,15-21,23,41H,3-7,12-14,22H2,1-2H3,(H,43,47)(H,40,44,45). The first-order valence-corrected chi connectivity index (χ1v) is 16.5. The van der Waals surface area contributed by atoms with Crippen molar-refractivity contribution in [2.45, 2.75) is 38.5 Å². The van der Waals surface area contributed by atoms with Crippen LogP contribution < -0.4 is 15.4 Å². The maximum absolute atomic E-state index is 14.7. The molecule has 3 aromatic heterocycles. The molecule has 10 nitrogen and oxygen atoms in total. The number of H-pyrrole nitrogens is 1. The fourth-order valence-corrected chi connectivity index (χ4v) is 6.51. The Hall–Kier alpha value is -5.16. The molecule has 1 amide bonds. The van der Waals surface area contributed by atoms with Gasteiger partial charge in [-0.2, -0.15) is 0 Å². The molecule has 0 bridgehead atoms. The number of hydrogen-bond donors (Lipinski definition) is 3. The van der Waals surface area contributed by atoms with Gasteiger partial charge in [0, 0.05) is 53.8 Å². The number of aliphatic imine (C=N–C) groups is 1. The predicted octanol–water partition coefficient (Wildman–Crippen LogP) is 6.90. The minimum Gasteiger partial charge on any atom is -0.492 e. The first-order chi connectivity index (χ1) is 23.4. The van der Waals surface area contributed by atoms with E-state index in [0.717, 1.165) is 40.8 Å². The summed E-state index contributed by atoms with van der Waals surface area (Å²) in [4.78, 5) is 36.8. The second-order valence-corrected chi connectivity index (χ2v) is 12.8. The lowest BCUT2D eigenvalue weighted by Gasteiger charge is -2.21. The number of imidazole rings is 1. The maximum Gasteiger partial charge on any atom is 0.224 e. The van der Waals surface area contributed by atoms with Crippen molar-refractivity contribution in [2.75, 3.05) is 44.5 Å². The van der Waals surface area contributed by atoms with Crippen molar-refractivity contribution in [3.05, 3.63) is 84.3 Å². The van der Waals surface area contributed by atoms with Gasteiger partial charge in [-0.05, 0) is 80.4 Å². The Morgan fingerprint density at radius 1 is 1.00 bits per heavy atom. The van der Waals surface area contributed by atoms with Gasteiger partial charge in [0.25, 0.3) is 0 Å². The van der Waals surface area contributed by atoms with E-state index in [1.807, 2.05) is 49.3 Å². The number of likely N-dealkylation sites (N-methyl/N-ethyl adjacent to an activating group) is 1. The minimum absolute atomic E-state index is 0.0362. The molecule has 0 unspecified atom stereocenters. The van der Waals surface area contributed by atoms with E-state index in [4.69, 9.17) is 14.7 Å². The van der Waals surface area contributed by atoms with Crippen molar-refractivity contribution < 1.29 is 13.9 Å². The molecular formula is C37H39FN8O2. The number of rotatable bonds is 10. The van der Waals surface area contributed by atoms with Crippen LogP contribution in [0.25, 0.3) is 33.4 Å². The molecule has 3 N–H and O–H groups in total. The van der Waals surface area contributed by atoms with E-state index in [9.17, 15) is 9.18 Å². The summed E-state index contributed by atoms with van der Waals surface area (Å²) in [7, 11) is 3.93. The first-order valence-electron chi connectivity index (χ1n) is 16.5. The third kappa shape index (κ3) is 7.06. The van der Waals surface area contributed by atoms with E-state index in [1.54, 1.807) is 18.6 Å². The number of pyridine rings is 2. The van der Waals surface area contributed by atoms with Crippen molar-refractivity contribution in [3.8, 4) is 28.0 Å². The van der Waals surface area contributed by atoms with Gasteiger partial charge in [0.1, 0.15) is 30.6 Å². The molecule has 2 aliphatic rings. The van der Waals surface area contributed by atoms with Crippen LogP contribution >= 0.6 is 0 Å². The number of ether oxygens (including phenoxy) is 1. The number of nitrogens with one attached hydrogen (secondary N) is 3. The average molecular weight is 647 g/mol. The summed E-state index contributed by atoms with van der Waals surface area (Å²) in [5.41, 5.74) is 7.56. The molecule has 11 heteroatoms. The first kappa shape index (κ1) is 31.4. The number of carbonyl (C=O) groups excluding carboxylic acids is 1. The van der Waals surface area contributed by atoms with Crippen LogP contribution in [-0.4, -0.2) is 70.4 Å². The second kappa shape index (κ2) is 13.9. The van der Waals surface area contributed by atoms with Crippen LogP contribution in [0.15, 0.2) is 72.1 Å². The van der Waals surface area contributed by atoms with E-state index in [2.05, 4.69) is 31.7 Å². The minimum atomic E-state index is -0.386. The van der Waals surface area contributed by atoms with Crippen LogP contribution in [0.1, 0.15) is 49.9 Å². The fraction of sp³-hybridized carbons (Fsp3) is 0.324. The molecule has 0 spiro atoms. The number of fused-ring (bicyclic) bond motifs is 2. The molecule has 0 radical (unpaired) electrons. The van der Waals surface area contributed by atoms with Crippen LogP contribution in [0.4, 0.5) is 15.8 Å². The van der Waals surface area contributed by atoms with Crippen molar-refractivity contribution in [2.24, 2.45) is 10.9 Å². The quantitative estimate of drug-likeness (QED) is 0.151. The lowest BCUT2D eigenvalue weighted by Crippen LogP contribution is -2.19. The SMILES string of the molecule is CN(C)CCOc1cc(F)cc(-c2ccnc3nc(C4=NCNc5ccc(-c6cncc(NC(=O)CC7CCCCC7)c6)cc54)[nH]c23)c1.